The number of amides is 11. The highest BCUT2D eigenvalue weighted by atomic mass is 16.6. The van der Waals surface area contributed by atoms with Crippen LogP contribution in [0.4, 0.5) is 0 Å². The van der Waals surface area contributed by atoms with E-state index < -0.39 is 5.91 Å². The van der Waals surface area contributed by atoms with Crippen molar-refractivity contribution < 1.29 is 157 Å². The van der Waals surface area contributed by atoms with Gasteiger partial charge < -0.3 is 163 Å². The molecule has 13 N–H and O–H groups in total. The molecule has 0 heterocycles. The highest BCUT2D eigenvalue weighted by Crippen LogP contribution is 2.12. The lowest BCUT2D eigenvalue weighted by Gasteiger charge is -2.10. The summed E-state index contributed by atoms with van der Waals surface area (Å²) in [5.74, 6) is -3.36. The van der Waals surface area contributed by atoms with Crippen molar-refractivity contribution in [3.8, 4) is 5.75 Å². The maximum absolute atomic E-state index is 12.0. The number of hydrogen-bond donors (Lipinski definition) is 12. The van der Waals surface area contributed by atoms with Gasteiger partial charge in [-0.15, -0.1) is 0 Å². The zero-order valence-corrected chi connectivity index (χ0v) is 64.7. The fourth-order valence-electron chi connectivity index (χ4n) is 7.83. The maximum atomic E-state index is 12.0. The normalized spacial score (nSPS) is 11.0. The minimum atomic E-state index is -0.562. The molecule has 44 heteroatoms. The van der Waals surface area contributed by atoms with E-state index >= 15 is 0 Å². The highest BCUT2D eigenvalue weighted by Gasteiger charge is 2.11. The third-order valence-corrected chi connectivity index (χ3v) is 13.2. The Kier molecular flexibility index (Phi) is 72.8. The topological polar surface area (TPSA) is 548 Å². The molecule has 0 bridgehead atoms. The predicted molar refractivity (Wildman–Crippen MR) is 394 cm³/mol. The number of hydrogen-bond acceptors (Lipinski definition) is 33. The first-order valence-corrected chi connectivity index (χ1v) is 37.0. The smallest absolute Gasteiger partial charge is 0.258 e. The van der Waals surface area contributed by atoms with Crippen LogP contribution in [0.1, 0.15) is 5.56 Å². The molecular weight excluding hydrogens is 1510 g/mol. The molecule has 11 amide bonds. The van der Waals surface area contributed by atoms with Crippen molar-refractivity contribution in [1.82, 2.24) is 53.2 Å². The Balaban J connectivity index is 1.75. The van der Waals surface area contributed by atoms with Crippen molar-refractivity contribution in [1.29, 1.82) is 0 Å². The van der Waals surface area contributed by atoms with Gasteiger partial charge in [0.15, 0.2) is 6.61 Å². The summed E-state index contributed by atoms with van der Waals surface area (Å²) in [7, 11) is 0. The number of ether oxygens (including phenoxy) is 21. The second-order valence-corrected chi connectivity index (χ2v) is 22.7. The van der Waals surface area contributed by atoms with Gasteiger partial charge in [0.25, 0.3) is 5.91 Å². The minimum absolute atomic E-state index is 0.0742. The van der Waals surface area contributed by atoms with Crippen LogP contribution in [-0.4, -0.2) is 406 Å². The lowest BCUT2D eigenvalue weighted by Crippen LogP contribution is -2.33. The van der Waals surface area contributed by atoms with Crippen LogP contribution in [0.2, 0.25) is 0 Å². The van der Waals surface area contributed by atoms with Crippen molar-refractivity contribution in [3.63, 3.8) is 0 Å². The molecule has 0 aliphatic rings. The van der Waals surface area contributed by atoms with Gasteiger partial charge in [-0.25, -0.2) is 0 Å². The summed E-state index contributed by atoms with van der Waals surface area (Å²) in [4.78, 5) is 130. The predicted octanol–water partition coefficient (Wildman–Crippen LogP) is -8.46. The summed E-state index contributed by atoms with van der Waals surface area (Å²) in [6, 6.07) is 6.75. The van der Waals surface area contributed by atoms with E-state index in [1.807, 2.05) is 0 Å². The molecule has 0 aliphatic carbocycles. The second kappa shape index (κ2) is 79.6. The molecule has 0 aromatic heterocycles. The summed E-state index contributed by atoms with van der Waals surface area (Å²) in [5, 5.41) is 35.6. The third-order valence-electron chi connectivity index (χ3n) is 13.2. The van der Waals surface area contributed by atoms with Crippen LogP contribution >= 0.6 is 0 Å². The zero-order valence-electron chi connectivity index (χ0n) is 64.7. The number of aliphatic hydroxyl groups excluding tert-OH is 1. The third kappa shape index (κ3) is 76.7. The molecule has 0 saturated heterocycles. The summed E-state index contributed by atoms with van der Waals surface area (Å²) in [5.41, 5.74) is 5.69. The first-order valence-electron chi connectivity index (χ1n) is 37.0. The number of nitrogens with two attached hydrogens (primary N) is 1. The van der Waals surface area contributed by atoms with E-state index in [9.17, 15) is 52.7 Å². The number of nitrogens with one attached hydrogen (secondary N) is 10. The van der Waals surface area contributed by atoms with Gasteiger partial charge in [-0.2, -0.15) is 0 Å². The van der Waals surface area contributed by atoms with Gasteiger partial charge in [-0.3, -0.25) is 52.7 Å². The zero-order chi connectivity index (χ0) is 82.0. The largest absolute Gasteiger partial charge is 0.484 e. The first-order chi connectivity index (χ1) is 55.2. The number of primary amides is 1. The van der Waals surface area contributed by atoms with Crippen molar-refractivity contribution in [3.05, 3.63) is 29.8 Å². The fourth-order valence-corrected chi connectivity index (χ4v) is 7.83. The number of benzene rings is 1. The van der Waals surface area contributed by atoms with Crippen LogP contribution in [0.15, 0.2) is 24.3 Å². The summed E-state index contributed by atoms with van der Waals surface area (Å²) >= 11 is 0. The van der Waals surface area contributed by atoms with Crippen molar-refractivity contribution >= 4 is 65.0 Å². The standard InChI is InChI=1S/C69H121N11O33/c70-59(82)46-103-35-25-93-15-5-71-60(83)47-104-36-26-94-16-6-72-61(84)48-105-37-27-95-17-7-73-62(85)49-106-38-28-96-18-8-74-63(86)50-107-39-29-97-19-9-75-64(87)51-108-40-30-98-20-10-76-65(88)52-109-41-31-99-21-11-77-66(89)53-110-42-32-100-22-12-78-67(90)54-111-43-33-101-23-13-79-68(91)55-112-44-34-102-24-14-80-69(92)56-113-58-3-1-57(45-81)2-4-58/h1-4,81H,5-56H2,(H2,70,82)(H,71,83)(H,72,84)(H,73,85)(H,74,86)(H,75,87)(H,76,88)(H,77,89)(H,78,90)(H,79,91)(H,80,92). The molecular formula is C69H121N11O33. The quantitative estimate of drug-likeness (QED) is 0.0270. The fraction of sp³-hybridized carbons (Fsp3) is 0.754. The van der Waals surface area contributed by atoms with Crippen LogP contribution < -0.4 is 63.6 Å². The van der Waals surface area contributed by atoms with Crippen LogP contribution in [0, 0.1) is 0 Å². The maximum Gasteiger partial charge on any atom is 0.258 e. The van der Waals surface area contributed by atoms with Gasteiger partial charge in [0, 0.05) is 65.4 Å². The Bertz CT molecular complexity index is 2590. The van der Waals surface area contributed by atoms with E-state index in [-0.39, 0.29) is 402 Å². The molecule has 0 saturated carbocycles. The first kappa shape index (κ1) is 103. The Morgan fingerprint density at radius 3 is 0.522 bits per heavy atom. The van der Waals surface area contributed by atoms with Gasteiger partial charge in [0.05, 0.1) is 205 Å². The highest BCUT2D eigenvalue weighted by molar-refractivity contribution is 5.80. The molecule has 1 aromatic rings. The number of aliphatic hydroxyl groups is 1. The van der Waals surface area contributed by atoms with Gasteiger partial charge in [-0.1, -0.05) is 12.1 Å². The van der Waals surface area contributed by atoms with E-state index in [0.717, 1.165) is 5.56 Å². The van der Waals surface area contributed by atoms with Gasteiger partial charge in [0.2, 0.25) is 59.1 Å². The lowest BCUT2D eigenvalue weighted by molar-refractivity contribution is -0.128. The van der Waals surface area contributed by atoms with E-state index in [1.54, 1.807) is 24.3 Å². The average Bonchev–Trinajstić information content (AvgIpc) is 0.914. The Labute approximate surface area is 657 Å². The van der Waals surface area contributed by atoms with Crippen molar-refractivity contribution in [2.75, 3.05) is 336 Å². The lowest BCUT2D eigenvalue weighted by atomic mass is 10.2. The van der Waals surface area contributed by atoms with Gasteiger partial charge in [0.1, 0.15) is 71.8 Å². The number of carbonyl (C=O) groups excluding carboxylic acids is 11. The Morgan fingerprint density at radius 1 is 0.212 bits per heavy atom. The molecule has 44 nitrogen and oxygen atoms in total. The van der Waals surface area contributed by atoms with Crippen molar-refractivity contribution in [2.24, 2.45) is 5.73 Å². The van der Waals surface area contributed by atoms with Crippen LogP contribution in [0.3, 0.4) is 0 Å². The second-order valence-electron chi connectivity index (χ2n) is 22.7. The van der Waals surface area contributed by atoms with Crippen LogP contribution in [-0.2, 0) is 154 Å². The Hall–Kier alpha value is -7.65. The molecule has 0 radical (unpaired) electrons. The van der Waals surface area contributed by atoms with E-state index in [4.69, 9.17) is 110 Å². The molecule has 0 aliphatic heterocycles. The molecule has 0 spiro atoms. The van der Waals surface area contributed by atoms with Crippen LogP contribution in [0.25, 0.3) is 0 Å². The average molecular weight is 1630 g/mol. The number of carbonyl (C=O) groups is 11. The molecule has 0 unspecified atom stereocenters. The van der Waals surface area contributed by atoms with Gasteiger partial charge in [-0.05, 0) is 17.7 Å². The summed E-state index contributed by atoms with van der Waals surface area (Å²) < 4.78 is 112. The number of rotatable bonds is 84. The summed E-state index contributed by atoms with van der Waals surface area (Å²) in [6.45, 7) is 6.80. The van der Waals surface area contributed by atoms with E-state index in [2.05, 4.69) is 53.2 Å². The van der Waals surface area contributed by atoms with Crippen LogP contribution in [0.5, 0.6) is 5.75 Å². The van der Waals surface area contributed by atoms with Gasteiger partial charge >= 0.3 is 0 Å². The molecule has 113 heavy (non-hydrogen) atoms. The summed E-state index contributed by atoms with van der Waals surface area (Å²) in [6.07, 6.45) is 0. The minimum Gasteiger partial charge on any atom is -0.484 e. The molecule has 0 atom stereocenters. The SMILES string of the molecule is NC(=O)COCCOCCNC(=O)COCCOCCNC(=O)COCCOCCNC(=O)COCCOCCNC(=O)COCCOCCNC(=O)COCCOCCNC(=O)COCCOCCNC(=O)COCCOCCNC(=O)COCCOCCNC(=O)COCCOCCNC(=O)COc1ccc(CO)cc1. The van der Waals surface area contributed by atoms with Crippen molar-refractivity contribution in [2.45, 2.75) is 6.61 Å². The van der Waals surface area contributed by atoms with E-state index in [1.165, 1.54) is 0 Å². The van der Waals surface area contributed by atoms with E-state index in [0.29, 0.717) is 5.75 Å². The molecule has 1 rings (SSSR count). The Morgan fingerprint density at radius 2 is 0.363 bits per heavy atom. The molecule has 0 fully saturated rings. The molecule has 650 valence electrons. The molecule has 1 aromatic carbocycles. The monoisotopic (exact) mass is 1630 g/mol.